The van der Waals surface area contributed by atoms with Crippen LogP contribution in [0.4, 0.5) is 0 Å². The first kappa shape index (κ1) is 11.9. The van der Waals surface area contributed by atoms with E-state index in [1.54, 1.807) is 0 Å². The van der Waals surface area contributed by atoms with E-state index in [4.69, 9.17) is 4.74 Å². The van der Waals surface area contributed by atoms with Crippen LogP contribution < -0.4 is 5.32 Å². The van der Waals surface area contributed by atoms with Gasteiger partial charge in [-0.15, -0.1) is 0 Å². The summed E-state index contributed by atoms with van der Waals surface area (Å²) in [5, 5.41) is 3.39. The predicted molar refractivity (Wildman–Crippen MR) is 63.1 cm³/mol. The van der Waals surface area contributed by atoms with Crippen LogP contribution in [0.5, 0.6) is 0 Å². The van der Waals surface area contributed by atoms with Gasteiger partial charge in [-0.05, 0) is 58.3 Å². The third-order valence-electron chi connectivity index (χ3n) is 3.16. The summed E-state index contributed by atoms with van der Waals surface area (Å²) in [4.78, 5) is 11.6. The lowest BCUT2D eigenvalue weighted by Gasteiger charge is -2.22. The summed E-state index contributed by atoms with van der Waals surface area (Å²) in [6, 6.07) is 0.576. The maximum absolute atomic E-state index is 11.6. The third kappa shape index (κ3) is 3.78. The van der Waals surface area contributed by atoms with Crippen molar-refractivity contribution in [2.75, 3.05) is 6.54 Å². The van der Waals surface area contributed by atoms with Gasteiger partial charge in [0.05, 0.1) is 6.54 Å². The molecule has 3 heteroatoms. The minimum Gasteiger partial charge on any atom is -0.459 e. The zero-order valence-corrected chi connectivity index (χ0v) is 10.6. The Labute approximate surface area is 97.9 Å². The fourth-order valence-electron chi connectivity index (χ4n) is 2.21. The molecule has 1 N–H and O–H groups in total. The van der Waals surface area contributed by atoms with E-state index in [1.165, 1.54) is 25.7 Å². The van der Waals surface area contributed by atoms with Crippen molar-refractivity contribution in [1.82, 2.24) is 5.32 Å². The molecule has 2 fully saturated rings. The molecule has 0 saturated heterocycles. The van der Waals surface area contributed by atoms with Crippen molar-refractivity contribution in [3.8, 4) is 0 Å². The summed E-state index contributed by atoms with van der Waals surface area (Å²) in [5.74, 6) is 1.53. The number of carbonyl (C=O) groups is 1. The Morgan fingerprint density at radius 2 is 1.75 bits per heavy atom. The highest BCUT2D eigenvalue weighted by atomic mass is 16.6. The molecule has 2 rings (SSSR count). The van der Waals surface area contributed by atoms with Gasteiger partial charge in [-0.2, -0.15) is 0 Å². The molecule has 92 valence electrons. The van der Waals surface area contributed by atoms with Crippen LogP contribution in [0.1, 0.15) is 46.5 Å². The number of esters is 1. The maximum atomic E-state index is 11.6. The summed E-state index contributed by atoms with van der Waals surface area (Å²) in [6.07, 6.45) is 5.34. The Balaban J connectivity index is 1.70. The van der Waals surface area contributed by atoms with E-state index in [0.717, 1.165) is 11.8 Å². The van der Waals surface area contributed by atoms with Crippen LogP contribution >= 0.6 is 0 Å². The van der Waals surface area contributed by atoms with Gasteiger partial charge in [0, 0.05) is 6.04 Å². The highest BCUT2D eigenvalue weighted by Crippen LogP contribution is 2.44. The van der Waals surface area contributed by atoms with Gasteiger partial charge >= 0.3 is 5.97 Å². The van der Waals surface area contributed by atoms with E-state index >= 15 is 0 Å². The minimum atomic E-state index is -0.368. The van der Waals surface area contributed by atoms with E-state index in [1.807, 2.05) is 20.8 Å². The quantitative estimate of drug-likeness (QED) is 0.728. The number of ether oxygens (including phenoxy) is 1. The SMILES string of the molecule is CC(C)(C)OC(=O)CNC(C1CC1)C1CC1. The summed E-state index contributed by atoms with van der Waals surface area (Å²) in [5.41, 5.74) is -0.368. The number of carbonyl (C=O) groups excluding carboxylic acids is 1. The number of rotatable bonds is 5. The van der Waals surface area contributed by atoms with Crippen LogP contribution in [0.3, 0.4) is 0 Å². The van der Waals surface area contributed by atoms with Gasteiger partial charge in [-0.3, -0.25) is 4.79 Å². The summed E-state index contributed by atoms with van der Waals surface area (Å²) < 4.78 is 5.29. The Bertz CT molecular complexity index is 250. The van der Waals surface area contributed by atoms with E-state index < -0.39 is 0 Å². The van der Waals surface area contributed by atoms with Crippen LogP contribution in [-0.4, -0.2) is 24.2 Å². The Morgan fingerprint density at radius 1 is 1.25 bits per heavy atom. The minimum absolute atomic E-state index is 0.126. The molecule has 2 saturated carbocycles. The Morgan fingerprint density at radius 3 is 2.12 bits per heavy atom. The van der Waals surface area contributed by atoms with Crippen molar-refractivity contribution in [3.05, 3.63) is 0 Å². The molecule has 0 spiro atoms. The van der Waals surface area contributed by atoms with Crippen LogP contribution in [-0.2, 0) is 9.53 Å². The smallest absolute Gasteiger partial charge is 0.320 e. The standard InChI is InChI=1S/C13H23NO2/c1-13(2,3)16-11(15)8-14-12(9-4-5-9)10-6-7-10/h9-10,12,14H,4-8H2,1-3H3. The lowest BCUT2D eigenvalue weighted by molar-refractivity contribution is -0.153. The first-order chi connectivity index (χ1) is 7.46. The van der Waals surface area contributed by atoms with Crippen LogP contribution in [0.15, 0.2) is 0 Å². The van der Waals surface area contributed by atoms with Crippen molar-refractivity contribution in [2.45, 2.75) is 58.1 Å². The van der Waals surface area contributed by atoms with Crippen molar-refractivity contribution in [3.63, 3.8) is 0 Å². The van der Waals surface area contributed by atoms with Crippen molar-refractivity contribution >= 4 is 5.97 Å². The molecule has 0 aromatic carbocycles. The molecule has 0 amide bonds. The monoisotopic (exact) mass is 225 g/mol. The van der Waals surface area contributed by atoms with E-state index in [0.29, 0.717) is 12.6 Å². The molecule has 2 aliphatic carbocycles. The van der Waals surface area contributed by atoms with E-state index in [-0.39, 0.29) is 11.6 Å². The number of hydrogen-bond donors (Lipinski definition) is 1. The second kappa shape index (κ2) is 4.36. The topological polar surface area (TPSA) is 38.3 Å². The van der Waals surface area contributed by atoms with Gasteiger partial charge in [0.25, 0.3) is 0 Å². The second-order valence-corrected chi connectivity index (χ2v) is 6.17. The van der Waals surface area contributed by atoms with Crippen LogP contribution in [0.25, 0.3) is 0 Å². The fourth-order valence-corrected chi connectivity index (χ4v) is 2.21. The second-order valence-electron chi connectivity index (χ2n) is 6.17. The number of nitrogens with one attached hydrogen (secondary N) is 1. The largest absolute Gasteiger partial charge is 0.459 e. The molecular formula is C13H23NO2. The lowest BCUT2D eigenvalue weighted by Crippen LogP contribution is -2.39. The molecule has 0 unspecified atom stereocenters. The molecule has 0 heterocycles. The molecule has 2 aliphatic rings. The highest BCUT2D eigenvalue weighted by Gasteiger charge is 2.41. The molecule has 0 radical (unpaired) electrons. The highest BCUT2D eigenvalue weighted by molar-refractivity contribution is 5.72. The zero-order valence-electron chi connectivity index (χ0n) is 10.6. The van der Waals surface area contributed by atoms with Gasteiger partial charge in [0.1, 0.15) is 5.60 Å². The molecule has 3 nitrogen and oxygen atoms in total. The maximum Gasteiger partial charge on any atom is 0.320 e. The van der Waals surface area contributed by atoms with E-state index in [2.05, 4.69) is 5.32 Å². The third-order valence-corrected chi connectivity index (χ3v) is 3.16. The predicted octanol–water partition coefficient (Wildman–Crippen LogP) is 2.11. The zero-order chi connectivity index (χ0) is 11.8. The molecule has 0 aromatic rings. The first-order valence-electron chi connectivity index (χ1n) is 6.41. The van der Waals surface area contributed by atoms with Gasteiger partial charge < -0.3 is 10.1 Å². The van der Waals surface area contributed by atoms with Crippen molar-refractivity contribution in [2.24, 2.45) is 11.8 Å². The van der Waals surface area contributed by atoms with E-state index in [9.17, 15) is 4.79 Å². The fraction of sp³-hybridized carbons (Fsp3) is 0.923. The Kier molecular flexibility index (Phi) is 3.24. The molecular weight excluding hydrogens is 202 g/mol. The Hall–Kier alpha value is -0.570. The van der Waals surface area contributed by atoms with Crippen LogP contribution in [0.2, 0.25) is 0 Å². The van der Waals surface area contributed by atoms with Gasteiger partial charge in [0.2, 0.25) is 0 Å². The average Bonchev–Trinajstić information content (AvgIpc) is 2.97. The van der Waals surface area contributed by atoms with Crippen molar-refractivity contribution < 1.29 is 9.53 Å². The van der Waals surface area contributed by atoms with Crippen molar-refractivity contribution in [1.29, 1.82) is 0 Å². The molecule has 0 aromatic heterocycles. The van der Waals surface area contributed by atoms with Gasteiger partial charge in [0.15, 0.2) is 0 Å². The number of hydrogen-bond acceptors (Lipinski definition) is 3. The lowest BCUT2D eigenvalue weighted by atomic mass is 10.1. The van der Waals surface area contributed by atoms with Gasteiger partial charge in [-0.25, -0.2) is 0 Å². The molecule has 0 atom stereocenters. The van der Waals surface area contributed by atoms with Crippen LogP contribution in [0, 0.1) is 11.8 Å². The molecule has 0 aliphatic heterocycles. The summed E-state index contributed by atoms with van der Waals surface area (Å²) >= 11 is 0. The normalized spacial score (nSPS) is 21.2. The van der Waals surface area contributed by atoms with Gasteiger partial charge in [-0.1, -0.05) is 0 Å². The molecule has 16 heavy (non-hydrogen) atoms. The summed E-state index contributed by atoms with van der Waals surface area (Å²) in [6.45, 7) is 6.09. The average molecular weight is 225 g/mol. The molecule has 0 bridgehead atoms. The first-order valence-corrected chi connectivity index (χ1v) is 6.41. The summed E-state index contributed by atoms with van der Waals surface area (Å²) in [7, 11) is 0.